The van der Waals surface area contributed by atoms with Gasteiger partial charge in [0.05, 0.1) is 27.2 Å². The lowest BCUT2D eigenvalue weighted by Crippen LogP contribution is -2.06. The minimum absolute atomic E-state index is 0.171. The molecule has 1 aromatic heterocycles. The molecule has 0 fully saturated rings. The molecule has 6 heteroatoms. The van der Waals surface area contributed by atoms with E-state index in [0.717, 1.165) is 0 Å². The highest BCUT2D eigenvalue weighted by Gasteiger charge is 2.17. The van der Waals surface area contributed by atoms with Crippen molar-refractivity contribution in [3.63, 3.8) is 0 Å². The van der Waals surface area contributed by atoms with Crippen LogP contribution in [0.2, 0.25) is 5.02 Å². The molecule has 0 saturated heterocycles. The van der Waals surface area contributed by atoms with Crippen molar-refractivity contribution in [1.29, 1.82) is 0 Å². The van der Waals surface area contributed by atoms with Crippen molar-refractivity contribution in [2.75, 3.05) is 6.61 Å². The summed E-state index contributed by atoms with van der Waals surface area (Å²) in [5.41, 5.74) is 0.539. The maximum absolute atomic E-state index is 13.3. The van der Waals surface area contributed by atoms with E-state index < -0.39 is 11.8 Å². The second kappa shape index (κ2) is 5.20. The fourth-order valence-electron chi connectivity index (χ4n) is 1.53. The average molecular weight is 333 g/mol. The first-order valence-electron chi connectivity index (χ1n) is 5.15. The molecule has 0 aliphatic carbocycles. The summed E-state index contributed by atoms with van der Waals surface area (Å²) in [4.78, 5) is 15.7. The fraction of sp³-hybridized carbons (Fsp3) is 0.167. The standard InChI is InChI=1S/C12H8BrClFNO2/c1-2-18-12(17)7-5-16-11-6(10(7)14)3-4-8(15)9(11)13/h3-5H,2H2,1H3. The summed E-state index contributed by atoms with van der Waals surface area (Å²) in [7, 11) is 0. The van der Waals surface area contributed by atoms with Gasteiger partial charge in [0.2, 0.25) is 0 Å². The zero-order chi connectivity index (χ0) is 13.3. The number of hydrogen-bond donors (Lipinski definition) is 0. The second-order valence-corrected chi connectivity index (χ2v) is 4.63. The average Bonchev–Trinajstić information content (AvgIpc) is 2.34. The van der Waals surface area contributed by atoms with Crippen LogP contribution in [0.25, 0.3) is 10.9 Å². The Morgan fingerprint density at radius 2 is 2.28 bits per heavy atom. The highest BCUT2D eigenvalue weighted by Crippen LogP contribution is 2.31. The Morgan fingerprint density at radius 1 is 1.56 bits per heavy atom. The predicted molar refractivity (Wildman–Crippen MR) is 70.4 cm³/mol. The predicted octanol–water partition coefficient (Wildman–Crippen LogP) is 3.97. The molecule has 1 heterocycles. The number of nitrogens with zero attached hydrogens (tertiary/aromatic N) is 1. The number of esters is 1. The Bertz CT molecular complexity index is 633. The zero-order valence-corrected chi connectivity index (χ0v) is 11.7. The molecular weight excluding hydrogens is 324 g/mol. The third-order valence-electron chi connectivity index (χ3n) is 2.36. The molecule has 3 nitrogen and oxygen atoms in total. The number of carbonyl (C=O) groups excluding carboxylic acids is 1. The Kier molecular flexibility index (Phi) is 3.82. The SMILES string of the molecule is CCOC(=O)c1cnc2c(Br)c(F)ccc2c1Cl. The lowest BCUT2D eigenvalue weighted by molar-refractivity contribution is 0.0526. The van der Waals surface area contributed by atoms with Crippen LogP contribution in [0.4, 0.5) is 4.39 Å². The van der Waals surface area contributed by atoms with Crippen LogP contribution in [0.1, 0.15) is 17.3 Å². The number of rotatable bonds is 2. The first-order chi connectivity index (χ1) is 8.56. The van der Waals surface area contributed by atoms with Crippen LogP contribution < -0.4 is 0 Å². The summed E-state index contributed by atoms with van der Waals surface area (Å²) in [6.07, 6.45) is 1.28. The highest BCUT2D eigenvalue weighted by atomic mass is 79.9. The molecule has 0 aliphatic heterocycles. The lowest BCUT2D eigenvalue weighted by atomic mass is 10.1. The molecule has 0 spiro atoms. The van der Waals surface area contributed by atoms with Crippen LogP contribution >= 0.6 is 27.5 Å². The number of pyridine rings is 1. The number of hydrogen-bond acceptors (Lipinski definition) is 3. The van der Waals surface area contributed by atoms with Gasteiger partial charge in [0.15, 0.2) is 0 Å². The monoisotopic (exact) mass is 331 g/mol. The largest absolute Gasteiger partial charge is 0.462 e. The first-order valence-corrected chi connectivity index (χ1v) is 6.32. The summed E-state index contributed by atoms with van der Waals surface area (Å²) >= 11 is 9.21. The van der Waals surface area contributed by atoms with Crippen molar-refractivity contribution in [3.05, 3.63) is 39.2 Å². The van der Waals surface area contributed by atoms with Gasteiger partial charge in [-0.25, -0.2) is 9.18 Å². The Balaban J connectivity index is 2.65. The maximum atomic E-state index is 13.3. The number of benzene rings is 1. The minimum Gasteiger partial charge on any atom is -0.462 e. The summed E-state index contributed by atoms with van der Waals surface area (Å²) in [5.74, 6) is -0.979. The van der Waals surface area contributed by atoms with Crippen molar-refractivity contribution in [3.8, 4) is 0 Å². The third-order valence-corrected chi connectivity index (χ3v) is 3.52. The number of aromatic nitrogens is 1. The van der Waals surface area contributed by atoms with Gasteiger partial charge in [0.25, 0.3) is 0 Å². The van der Waals surface area contributed by atoms with Crippen molar-refractivity contribution in [1.82, 2.24) is 4.98 Å². The van der Waals surface area contributed by atoms with Crippen molar-refractivity contribution >= 4 is 44.4 Å². The first kappa shape index (κ1) is 13.2. The molecule has 0 aliphatic rings. The van der Waals surface area contributed by atoms with E-state index in [0.29, 0.717) is 10.9 Å². The second-order valence-electron chi connectivity index (χ2n) is 3.46. The fourth-order valence-corrected chi connectivity index (χ4v) is 2.25. The summed E-state index contributed by atoms with van der Waals surface area (Å²) in [6.45, 7) is 1.95. The Hall–Kier alpha value is -1.20. The molecule has 0 bridgehead atoms. The van der Waals surface area contributed by atoms with Crippen LogP contribution in [-0.4, -0.2) is 17.6 Å². The molecule has 0 radical (unpaired) electrons. The summed E-state index contributed by atoms with van der Waals surface area (Å²) < 4.78 is 18.4. The van der Waals surface area contributed by atoms with Crippen LogP contribution in [-0.2, 0) is 4.74 Å². The van der Waals surface area contributed by atoms with Gasteiger partial charge in [0.1, 0.15) is 5.82 Å². The van der Waals surface area contributed by atoms with Gasteiger partial charge in [-0.1, -0.05) is 11.6 Å². The molecule has 0 unspecified atom stereocenters. The minimum atomic E-state index is -0.544. The zero-order valence-electron chi connectivity index (χ0n) is 9.34. The molecule has 0 amide bonds. The van der Waals surface area contributed by atoms with E-state index in [4.69, 9.17) is 16.3 Å². The van der Waals surface area contributed by atoms with Gasteiger partial charge >= 0.3 is 5.97 Å². The van der Waals surface area contributed by atoms with Gasteiger partial charge in [0, 0.05) is 11.6 Å². The quantitative estimate of drug-likeness (QED) is 0.781. The summed E-state index contributed by atoms with van der Waals surface area (Å²) in [5, 5.41) is 0.703. The van der Waals surface area contributed by atoms with E-state index in [1.54, 1.807) is 6.92 Å². The van der Waals surface area contributed by atoms with Gasteiger partial charge < -0.3 is 4.74 Å². The third kappa shape index (κ3) is 2.20. The Morgan fingerprint density at radius 3 is 2.94 bits per heavy atom. The van der Waals surface area contributed by atoms with Crippen LogP contribution in [0.3, 0.4) is 0 Å². The molecule has 1 aromatic carbocycles. The number of halogens is 3. The van der Waals surface area contributed by atoms with Gasteiger partial charge in [-0.15, -0.1) is 0 Å². The van der Waals surface area contributed by atoms with E-state index >= 15 is 0 Å². The van der Waals surface area contributed by atoms with Crippen LogP contribution in [0.5, 0.6) is 0 Å². The molecule has 0 N–H and O–H groups in total. The van der Waals surface area contributed by atoms with Gasteiger partial charge in [-0.3, -0.25) is 4.98 Å². The molecule has 2 aromatic rings. The number of ether oxygens (including phenoxy) is 1. The smallest absolute Gasteiger partial charge is 0.341 e. The molecule has 0 atom stereocenters. The van der Waals surface area contributed by atoms with Crippen molar-refractivity contribution in [2.45, 2.75) is 6.92 Å². The van der Waals surface area contributed by atoms with E-state index in [1.165, 1.54) is 18.3 Å². The van der Waals surface area contributed by atoms with Gasteiger partial charge in [-0.2, -0.15) is 0 Å². The Labute approximate surface area is 116 Å². The topological polar surface area (TPSA) is 39.2 Å². The van der Waals surface area contributed by atoms with Gasteiger partial charge in [-0.05, 0) is 35.0 Å². The van der Waals surface area contributed by atoms with E-state index in [1.807, 2.05) is 0 Å². The number of carbonyl (C=O) groups is 1. The van der Waals surface area contributed by atoms with E-state index in [9.17, 15) is 9.18 Å². The van der Waals surface area contributed by atoms with E-state index in [2.05, 4.69) is 20.9 Å². The molecule has 94 valence electrons. The van der Waals surface area contributed by atoms with Crippen LogP contribution in [0.15, 0.2) is 22.8 Å². The number of fused-ring (bicyclic) bond motifs is 1. The highest BCUT2D eigenvalue weighted by molar-refractivity contribution is 9.10. The molecule has 0 saturated carbocycles. The maximum Gasteiger partial charge on any atom is 0.341 e. The molecule has 2 rings (SSSR count). The molecule has 18 heavy (non-hydrogen) atoms. The van der Waals surface area contributed by atoms with Crippen molar-refractivity contribution in [2.24, 2.45) is 0 Å². The van der Waals surface area contributed by atoms with Crippen molar-refractivity contribution < 1.29 is 13.9 Å². The van der Waals surface area contributed by atoms with E-state index in [-0.39, 0.29) is 21.7 Å². The lowest BCUT2D eigenvalue weighted by Gasteiger charge is -2.07. The normalized spacial score (nSPS) is 10.7. The molecular formula is C12H8BrClFNO2. The van der Waals surface area contributed by atoms with Crippen LogP contribution in [0, 0.1) is 5.82 Å². The summed E-state index contributed by atoms with van der Waals surface area (Å²) in [6, 6.07) is 2.74.